The molecule has 1 spiro atoms. The van der Waals surface area contributed by atoms with E-state index >= 15 is 0 Å². The Morgan fingerprint density at radius 1 is 1.19 bits per heavy atom. The number of nitrogens with zero attached hydrogens (tertiary/aromatic N) is 1. The Balaban J connectivity index is 1.38. The summed E-state index contributed by atoms with van der Waals surface area (Å²) in [5, 5.41) is 39.8. The van der Waals surface area contributed by atoms with Crippen molar-refractivity contribution in [2.75, 3.05) is 13.6 Å². The van der Waals surface area contributed by atoms with E-state index in [0.717, 1.165) is 32.2 Å². The Hall–Kier alpha value is -1.91. The summed E-state index contributed by atoms with van der Waals surface area (Å²) < 4.78 is 17.8. The number of aliphatic hydroxyl groups excluding tert-OH is 3. The highest BCUT2D eigenvalue weighted by molar-refractivity contribution is 5.73. The van der Waals surface area contributed by atoms with Gasteiger partial charge in [-0.05, 0) is 63.2 Å². The zero-order valence-corrected chi connectivity index (χ0v) is 17.9. The number of likely N-dealkylation sites (tertiary alicyclic amines) is 1. The first-order valence-electron chi connectivity index (χ1n) is 11.5. The van der Waals surface area contributed by atoms with Crippen molar-refractivity contribution in [2.24, 2.45) is 5.92 Å². The Morgan fingerprint density at radius 3 is 2.78 bits per heavy atom. The standard InChI is InChI=1S/C23H29NO8/c1-24-8-7-23-11-3-2-4-14(23)31-19-13(6-5-10(15(19)23)9-12(11)24)30-22-18(27)16(25)17(26)20(32-22)21(28)29/h5-6,11-12,14,16-18,20,22,25-27H,2-4,7-9H2,1H3,(H,28,29)/t11-,12+,14?,16-,17-,18+,20-,22+,23+/m0/s1. The molecule has 3 aliphatic heterocycles. The molecule has 4 N–H and O–H groups in total. The van der Waals surface area contributed by atoms with Crippen LogP contribution >= 0.6 is 0 Å². The molecule has 1 aromatic rings. The number of benzene rings is 1. The van der Waals surface area contributed by atoms with Crippen LogP contribution in [0.1, 0.15) is 36.8 Å². The van der Waals surface area contributed by atoms with Crippen molar-refractivity contribution in [3.8, 4) is 11.5 Å². The number of carbonyl (C=O) groups is 1. The number of likely N-dealkylation sites (N-methyl/N-ethyl adjacent to an activating group) is 1. The van der Waals surface area contributed by atoms with Gasteiger partial charge in [-0.1, -0.05) is 6.07 Å². The molecule has 0 radical (unpaired) electrons. The minimum atomic E-state index is -1.75. The lowest BCUT2D eigenvalue weighted by molar-refractivity contribution is -0.271. The average molecular weight is 447 g/mol. The molecule has 2 bridgehead atoms. The van der Waals surface area contributed by atoms with Gasteiger partial charge in [0.25, 0.3) is 0 Å². The third kappa shape index (κ3) is 2.60. The van der Waals surface area contributed by atoms with Crippen molar-refractivity contribution in [2.45, 2.75) is 80.4 Å². The molecule has 3 fully saturated rings. The molecule has 1 saturated carbocycles. The maximum Gasteiger partial charge on any atom is 0.335 e. The fourth-order valence-electron chi connectivity index (χ4n) is 7.06. The maximum absolute atomic E-state index is 11.4. The molecule has 6 rings (SSSR count). The Morgan fingerprint density at radius 2 is 2.00 bits per heavy atom. The SMILES string of the molecule is CN1CC[C@]23c4c5ccc(O[C@@H]6O[C@H](C(=O)O)[C@@H](O)[C@H](O)[C@H]6O)c4OC2CCC[C@H]3[C@H]1C5. The molecule has 1 unspecified atom stereocenters. The minimum Gasteiger partial charge on any atom is -0.485 e. The second kappa shape index (κ2) is 7.04. The largest absolute Gasteiger partial charge is 0.485 e. The van der Waals surface area contributed by atoms with E-state index in [1.54, 1.807) is 6.07 Å². The van der Waals surface area contributed by atoms with Crippen LogP contribution in [0.3, 0.4) is 0 Å². The lowest BCUT2D eigenvalue weighted by Gasteiger charge is -2.57. The summed E-state index contributed by atoms with van der Waals surface area (Å²) >= 11 is 0. The van der Waals surface area contributed by atoms with Crippen molar-refractivity contribution < 1.29 is 39.4 Å². The van der Waals surface area contributed by atoms with Crippen molar-refractivity contribution in [1.29, 1.82) is 0 Å². The highest BCUT2D eigenvalue weighted by Crippen LogP contribution is 2.63. The first-order valence-corrected chi connectivity index (χ1v) is 11.5. The predicted molar refractivity (Wildman–Crippen MR) is 110 cm³/mol. The first-order chi connectivity index (χ1) is 15.3. The lowest BCUT2D eigenvalue weighted by atomic mass is 9.52. The molecule has 32 heavy (non-hydrogen) atoms. The first kappa shape index (κ1) is 20.7. The third-order valence-electron chi connectivity index (χ3n) is 8.55. The van der Waals surface area contributed by atoms with Crippen LogP contribution in [0.25, 0.3) is 0 Å². The van der Waals surface area contributed by atoms with Gasteiger partial charge in [-0.25, -0.2) is 4.79 Å². The van der Waals surface area contributed by atoms with E-state index in [1.807, 2.05) is 6.07 Å². The molecular weight excluding hydrogens is 418 g/mol. The summed E-state index contributed by atoms with van der Waals surface area (Å²) in [6, 6.07) is 4.31. The van der Waals surface area contributed by atoms with E-state index in [2.05, 4.69) is 11.9 Å². The fraction of sp³-hybridized carbons (Fsp3) is 0.696. The van der Waals surface area contributed by atoms with Gasteiger partial charge in [-0.15, -0.1) is 0 Å². The number of piperidine rings is 1. The van der Waals surface area contributed by atoms with Gasteiger partial charge in [0, 0.05) is 17.0 Å². The highest BCUT2D eigenvalue weighted by atomic mass is 16.7. The summed E-state index contributed by atoms with van der Waals surface area (Å²) in [7, 11) is 2.21. The van der Waals surface area contributed by atoms with E-state index in [1.165, 1.54) is 17.5 Å². The smallest absolute Gasteiger partial charge is 0.335 e. The molecule has 9 heteroatoms. The number of hydrogen-bond donors (Lipinski definition) is 4. The van der Waals surface area contributed by atoms with Gasteiger partial charge >= 0.3 is 5.97 Å². The average Bonchev–Trinajstić information content (AvgIpc) is 3.11. The third-order valence-corrected chi connectivity index (χ3v) is 8.55. The van der Waals surface area contributed by atoms with Gasteiger partial charge in [-0.2, -0.15) is 0 Å². The van der Waals surface area contributed by atoms with Crippen molar-refractivity contribution >= 4 is 5.97 Å². The van der Waals surface area contributed by atoms with Crippen LogP contribution < -0.4 is 9.47 Å². The van der Waals surface area contributed by atoms with Gasteiger partial charge in [-0.3, -0.25) is 0 Å². The summed E-state index contributed by atoms with van der Waals surface area (Å²) in [6.45, 7) is 1.01. The molecule has 0 amide bonds. The summed E-state index contributed by atoms with van der Waals surface area (Å²) in [5.41, 5.74) is 2.42. The van der Waals surface area contributed by atoms with E-state index in [4.69, 9.17) is 14.2 Å². The number of carboxylic acid groups (broad SMARTS) is 1. The van der Waals surface area contributed by atoms with Gasteiger partial charge < -0.3 is 39.5 Å². The Labute approximate surface area is 185 Å². The van der Waals surface area contributed by atoms with Crippen LogP contribution in [0, 0.1) is 5.92 Å². The number of aliphatic hydroxyl groups is 3. The number of hydrogen-bond acceptors (Lipinski definition) is 8. The van der Waals surface area contributed by atoms with E-state index in [9.17, 15) is 25.2 Å². The van der Waals surface area contributed by atoms with E-state index in [0.29, 0.717) is 23.5 Å². The van der Waals surface area contributed by atoms with E-state index < -0.39 is 36.7 Å². The molecule has 9 atom stereocenters. The van der Waals surface area contributed by atoms with Gasteiger partial charge in [0.1, 0.15) is 24.4 Å². The molecule has 9 nitrogen and oxygen atoms in total. The normalized spacial score (nSPS) is 44.5. The lowest BCUT2D eigenvalue weighted by Crippen LogP contribution is -2.63. The Kier molecular flexibility index (Phi) is 4.55. The molecule has 0 aromatic heterocycles. The van der Waals surface area contributed by atoms with Crippen LogP contribution in [-0.2, 0) is 21.4 Å². The van der Waals surface area contributed by atoms with Crippen LogP contribution in [-0.4, -0.2) is 87.7 Å². The van der Waals surface area contributed by atoms with Crippen LogP contribution in [0.4, 0.5) is 0 Å². The molecule has 5 aliphatic rings. The number of rotatable bonds is 3. The highest BCUT2D eigenvalue weighted by Gasteiger charge is 2.63. The fourth-order valence-corrected chi connectivity index (χ4v) is 7.06. The van der Waals surface area contributed by atoms with Gasteiger partial charge in [0.05, 0.1) is 0 Å². The molecular formula is C23H29NO8. The van der Waals surface area contributed by atoms with Gasteiger partial charge in [0.15, 0.2) is 17.6 Å². The van der Waals surface area contributed by atoms with Crippen molar-refractivity contribution in [3.05, 3.63) is 23.3 Å². The maximum atomic E-state index is 11.4. The predicted octanol–water partition coefficient (Wildman–Crippen LogP) is 0.0167. The molecule has 2 saturated heterocycles. The summed E-state index contributed by atoms with van der Waals surface area (Å²) in [4.78, 5) is 13.9. The minimum absolute atomic E-state index is 0.0386. The van der Waals surface area contributed by atoms with Crippen molar-refractivity contribution in [1.82, 2.24) is 4.90 Å². The zero-order valence-electron chi connectivity index (χ0n) is 17.9. The van der Waals surface area contributed by atoms with Gasteiger partial charge in [0.2, 0.25) is 6.29 Å². The summed E-state index contributed by atoms with van der Waals surface area (Å²) in [6.07, 6.45) is -2.89. The number of aliphatic carboxylic acids is 1. The number of carboxylic acids is 1. The second-order valence-electron chi connectivity index (χ2n) is 9.97. The molecule has 3 heterocycles. The zero-order chi connectivity index (χ0) is 22.4. The Bertz CT molecular complexity index is 954. The molecule has 1 aromatic carbocycles. The number of ether oxygens (including phenoxy) is 3. The van der Waals surface area contributed by atoms with Crippen LogP contribution in [0.5, 0.6) is 11.5 Å². The second-order valence-corrected chi connectivity index (χ2v) is 9.97. The van der Waals surface area contributed by atoms with Crippen LogP contribution in [0.2, 0.25) is 0 Å². The van der Waals surface area contributed by atoms with Crippen molar-refractivity contribution in [3.63, 3.8) is 0 Å². The molecule has 174 valence electrons. The van der Waals surface area contributed by atoms with Crippen LogP contribution in [0.15, 0.2) is 12.1 Å². The molecule has 2 aliphatic carbocycles. The quantitative estimate of drug-likeness (QED) is 0.507. The summed E-state index contributed by atoms with van der Waals surface area (Å²) in [5.74, 6) is 0.119. The topological polar surface area (TPSA) is 129 Å². The monoisotopic (exact) mass is 447 g/mol. The van der Waals surface area contributed by atoms with E-state index in [-0.39, 0.29) is 11.5 Å².